The summed E-state index contributed by atoms with van der Waals surface area (Å²) in [4.78, 5) is 23.6. The second-order valence-corrected chi connectivity index (χ2v) is 7.00. The number of carbonyl (C=O) groups excluding carboxylic acids is 1. The summed E-state index contributed by atoms with van der Waals surface area (Å²) in [5.41, 5.74) is 3.31. The molecule has 0 heterocycles. The standard InChI is InChI=1S/C22H15ClFNO4/c23-12-9-18(24)20(21(26)27)19(10-12)25-22(28)29-11-17-15-7-3-1-5-13(15)14-6-2-4-8-16(14)17/h1-10,17H,11H2,(H,25,28)(H,26,27). The Bertz CT molecular complexity index is 1090. The lowest BCUT2D eigenvalue weighted by Gasteiger charge is -2.15. The van der Waals surface area contributed by atoms with Crippen LogP contribution in [0.5, 0.6) is 0 Å². The number of amides is 1. The molecule has 4 rings (SSSR count). The Morgan fingerprint density at radius 2 is 1.62 bits per heavy atom. The van der Waals surface area contributed by atoms with E-state index >= 15 is 0 Å². The van der Waals surface area contributed by atoms with Crippen molar-refractivity contribution in [2.24, 2.45) is 0 Å². The highest BCUT2D eigenvalue weighted by atomic mass is 35.5. The van der Waals surface area contributed by atoms with Crippen molar-refractivity contribution in [2.45, 2.75) is 5.92 Å². The molecule has 1 aliphatic carbocycles. The molecule has 3 aromatic carbocycles. The Labute approximate surface area is 170 Å². The first-order valence-corrected chi connectivity index (χ1v) is 9.18. The van der Waals surface area contributed by atoms with E-state index in [2.05, 4.69) is 5.32 Å². The maximum Gasteiger partial charge on any atom is 0.411 e. The monoisotopic (exact) mass is 411 g/mol. The smallest absolute Gasteiger partial charge is 0.411 e. The van der Waals surface area contributed by atoms with Crippen LogP contribution in [0.1, 0.15) is 27.4 Å². The Balaban J connectivity index is 1.54. The number of carbonyl (C=O) groups is 2. The minimum absolute atomic E-state index is 0.0403. The summed E-state index contributed by atoms with van der Waals surface area (Å²) in [6, 6.07) is 17.8. The van der Waals surface area contributed by atoms with Gasteiger partial charge in [-0.05, 0) is 34.4 Å². The molecule has 0 aliphatic heterocycles. The van der Waals surface area contributed by atoms with E-state index in [1.165, 1.54) is 0 Å². The molecule has 0 atom stereocenters. The normalized spacial score (nSPS) is 12.2. The van der Waals surface area contributed by atoms with E-state index in [1.807, 2.05) is 48.5 Å². The third-order valence-electron chi connectivity index (χ3n) is 4.85. The number of ether oxygens (including phenoxy) is 1. The van der Waals surface area contributed by atoms with Crippen molar-refractivity contribution in [3.05, 3.63) is 88.2 Å². The number of aromatic carboxylic acids is 1. The molecule has 146 valence electrons. The molecule has 0 unspecified atom stereocenters. The van der Waals surface area contributed by atoms with E-state index in [1.54, 1.807) is 0 Å². The number of hydrogen-bond acceptors (Lipinski definition) is 3. The van der Waals surface area contributed by atoms with E-state index < -0.39 is 23.4 Å². The average Bonchev–Trinajstić information content (AvgIpc) is 2.99. The minimum Gasteiger partial charge on any atom is -0.478 e. The highest BCUT2D eigenvalue weighted by molar-refractivity contribution is 6.31. The zero-order valence-corrected chi connectivity index (χ0v) is 15.7. The van der Waals surface area contributed by atoms with Gasteiger partial charge in [0.25, 0.3) is 0 Å². The third kappa shape index (κ3) is 3.54. The number of nitrogens with one attached hydrogen (secondary N) is 1. The molecule has 0 saturated carbocycles. The van der Waals surface area contributed by atoms with Gasteiger partial charge in [0.2, 0.25) is 0 Å². The maximum absolute atomic E-state index is 13.9. The van der Waals surface area contributed by atoms with Gasteiger partial charge in [0.05, 0.1) is 5.69 Å². The van der Waals surface area contributed by atoms with Crippen LogP contribution in [-0.4, -0.2) is 23.8 Å². The lowest BCUT2D eigenvalue weighted by molar-refractivity contribution is 0.0693. The van der Waals surface area contributed by atoms with Gasteiger partial charge < -0.3 is 9.84 Å². The fourth-order valence-corrected chi connectivity index (χ4v) is 3.84. The predicted octanol–water partition coefficient (Wildman–Crippen LogP) is 5.54. The molecule has 5 nitrogen and oxygen atoms in total. The SMILES string of the molecule is O=C(Nc1cc(Cl)cc(F)c1C(=O)O)OCC1c2ccccc2-c2ccccc21. The molecule has 0 aromatic heterocycles. The van der Waals surface area contributed by atoms with Gasteiger partial charge in [0.1, 0.15) is 18.0 Å². The molecule has 0 saturated heterocycles. The Morgan fingerprint density at radius 3 is 2.21 bits per heavy atom. The zero-order chi connectivity index (χ0) is 20.5. The van der Waals surface area contributed by atoms with E-state index in [-0.39, 0.29) is 23.2 Å². The van der Waals surface area contributed by atoms with Gasteiger partial charge >= 0.3 is 12.1 Å². The van der Waals surface area contributed by atoms with Crippen molar-refractivity contribution in [3.8, 4) is 11.1 Å². The molecule has 1 aliphatic rings. The number of benzene rings is 3. The molecule has 0 radical (unpaired) electrons. The van der Waals surface area contributed by atoms with Crippen LogP contribution in [0.2, 0.25) is 5.02 Å². The molecule has 0 bridgehead atoms. The maximum atomic E-state index is 13.9. The van der Waals surface area contributed by atoms with Crippen molar-refractivity contribution >= 4 is 29.4 Å². The van der Waals surface area contributed by atoms with Crippen molar-refractivity contribution in [2.75, 3.05) is 11.9 Å². The lowest BCUT2D eigenvalue weighted by Crippen LogP contribution is -2.20. The molecule has 7 heteroatoms. The molecule has 0 fully saturated rings. The first-order chi connectivity index (χ1) is 14.0. The number of rotatable bonds is 4. The molecule has 3 aromatic rings. The fraction of sp³-hybridized carbons (Fsp3) is 0.0909. The van der Waals surface area contributed by atoms with Crippen LogP contribution in [0, 0.1) is 5.82 Å². The Hall–Kier alpha value is -3.38. The quantitative estimate of drug-likeness (QED) is 0.591. The van der Waals surface area contributed by atoms with Gasteiger partial charge in [-0.15, -0.1) is 0 Å². The van der Waals surface area contributed by atoms with Crippen LogP contribution in [0.15, 0.2) is 60.7 Å². The van der Waals surface area contributed by atoms with Gasteiger partial charge in [-0.25, -0.2) is 14.0 Å². The second-order valence-electron chi connectivity index (χ2n) is 6.57. The number of fused-ring (bicyclic) bond motifs is 3. The summed E-state index contributed by atoms with van der Waals surface area (Å²) in [7, 11) is 0. The summed E-state index contributed by atoms with van der Waals surface area (Å²) < 4.78 is 19.3. The summed E-state index contributed by atoms with van der Waals surface area (Å²) in [5.74, 6) is -2.71. The molecular formula is C22H15ClFNO4. The number of halogens is 2. The number of anilines is 1. The van der Waals surface area contributed by atoms with Crippen molar-refractivity contribution < 1.29 is 23.8 Å². The first-order valence-electron chi connectivity index (χ1n) is 8.80. The number of hydrogen-bond donors (Lipinski definition) is 2. The van der Waals surface area contributed by atoms with Crippen LogP contribution in [0.3, 0.4) is 0 Å². The van der Waals surface area contributed by atoms with Crippen LogP contribution in [0.25, 0.3) is 11.1 Å². The van der Waals surface area contributed by atoms with Crippen LogP contribution < -0.4 is 5.32 Å². The summed E-state index contributed by atoms with van der Waals surface area (Å²) in [5, 5.41) is 11.4. The van der Waals surface area contributed by atoms with E-state index in [0.717, 1.165) is 34.4 Å². The van der Waals surface area contributed by atoms with Crippen molar-refractivity contribution in [3.63, 3.8) is 0 Å². The molecule has 0 spiro atoms. The lowest BCUT2D eigenvalue weighted by atomic mass is 9.98. The van der Waals surface area contributed by atoms with Crippen molar-refractivity contribution in [1.82, 2.24) is 0 Å². The second kappa shape index (κ2) is 7.56. The van der Waals surface area contributed by atoms with Crippen LogP contribution in [-0.2, 0) is 4.74 Å². The van der Waals surface area contributed by atoms with Gasteiger partial charge in [-0.1, -0.05) is 60.1 Å². The number of carboxylic acids is 1. The average molecular weight is 412 g/mol. The van der Waals surface area contributed by atoms with Gasteiger partial charge in [0.15, 0.2) is 0 Å². The van der Waals surface area contributed by atoms with Crippen molar-refractivity contribution in [1.29, 1.82) is 0 Å². The van der Waals surface area contributed by atoms with E-state index in [4.69, 9.17) is 16.3 Å². The van der Waals surface area contributed by atoms with E-state index in [0.29, 0.717) is 0 Å². The van der Waals surface area contributed by atoms with Gasteiger partial charge in [-0.2, -0.15) is 0 Å². The van der Waals surface area contributed by atoms with E-state index in [9.17, 15) is 19.1 Å². The Morgan fingerprint density at radius 1 is 1.03 bits per heavy atom. The fourth-order valence-electron chi connectivity index (χ4n) is 3.63. The highest BCUT2D eigenvalue weighted by Crippen LogP contribution is 2.44. The topological polar surface area (TPSA) is 75.6 Å². The summed E-state index contributed by atoms with van der Waals surface area (Å²) >= 11 is 5.78. The molecule has 29 heavy (non-hydrogen) atoms. The van der Waals surface area contributed by atoms with Gasteiger partial charge in [0, 0.05) is 10.9 Å². The highest BCUT2D eigenvalue weighted by Gasteiger charge is 2.29. The third-order valence-corrected chi connectivity index (χ3v) is 5.07. The zero-order valence-electron chi connectivity index (χ0n) is 15.0. The summed E-state index contributed by atoms with van der Waals surface area (Å²) in [6.45, 7) is 0.0469. The minimum atomic E-state index is -1.52. The Kier molecular flexibility index (Phi) is 4.94. The molecule has 2 N–H and O–H groups in total. The number of carboxylic acid groups (broad SMARTS) is 1. The predicted molar refractivity (Wildman–Crippen MR) is 107 cm³/mol. The molecular weight excluding hydrogens is 397 g/mol. The summed E-state index contributed by atoms with van der Waals surface area (Å²) in [6.07, 6.45) is -0.893. The van der Waals surface area contributed by atoms with Crippen LogP contribution in [0.4, 0.5) is 14.9 Å². The first kappa shape index (κ1) is 19.0. The molecule has 1 amide bonds. The van der Waals surface area contributed by atoms with Gasteiger partial charge in [-0.3, -0.25) is 5.32 Å². The van der Waals surface area contributed by atoms with Crippen LogP contribution >= 0.6 is 11.6 Å². The largest absolute Gasteiger partial charge is 0.478 e.